The number of carbonyl (C=O) groups excluding carboxylic acids is 2. The van der Waals surface area contributed by atoms with Gasteiger partial charge in [0.2, 0.25) is 5.91 Å². The van der Waals surface area contributed by atoms with Gasteiger partial charge < -0.3 is 10.6 Å². The lowest BCUT2D eigenvalue weighted by Crippen LogP contribution is -2.23. The van der Waals surface area contributed by atoms with Gasteiger partial charge >= 0.3 is 0 Å². The van der Waals surface area contributed by atoms with Crippen molar-refractivity contribution in [1.29, 1.82) is 0 Å². The fourth-order valence-electron chi connectivity index (χ4n) is 3.13. The lowest BCUT2D eigenvalue weighted by molar-refractivity contribution is -0.123. The molecule has 2 N–H and O–H groups in total. The van der Waals surface area contributed by atoms with Gasteiger partial charge in [-0.15, -0.1) is 0 Å². The number of amides is 2. The summed E-state index contributed by atoms with van der Waals surface area (Å²) in [5.74, 6) is -0.0409. The smallest absolute Gasteiger partial charge is 0.251 e. The zero-order valence-corrected chi connectivity index (χ0v) is 16.4. The Morgan fingerprint density at radius 2 is 1.96 bits per heavy atom. The number of carbonyl (C=O) groups is 2. The molecular weight excluding hydrogens is 399 g/mol. The van der Waals surface area contributed by atoms with E-state index in [1.807, 2.05) is 31.2 Å². The van der Waals surface area contributed by atoms with E-state index < -0.39 is 6.04 Å². The molecule has 0 aliphatic carbocycles. The first-order chi connectivity index (χ1) is 13.4. The molecule has 1 aliphatic heterocycles. The highest BCUT2D eigenvalue weighted by Gasteiger charge is 2.35. The number of benzene rings is 2. The van der Waals surface area contributed by atoms with Gasteiger partial charge in [-0.3, -0.25) is 9.59 Å². The third-order valence-electron chi connectivity index (χ3n) is 4.60. The maximum absolute atomic E-state index is 12.5. The van der Waals surface area contributed by atoms with Crippen LogP contribution in [-0.4, -0.2) is 21.6 Å². The highest BCUT2D eigenvalue weighted by Crippen LogP contribution is 2.36. The van der Waals surface area contributed by atoms with Gasteiger partial charge in [-0.2, -0.15) is 5.10 Å². The maximum Gasteiger partial charge on any atom is 0.251 e. The first kappa shape index (κ1) is 18.5. The number of aromatic nitrogens is 2. The van der Waals surface area contributed by atoms with Crippen LogP contribution in [0.3, 0.4) is 0 Å². The molecule has 2 aromatic carbocycles. The average Bonchev–Trinajstić information content (AvgIpc) is 3.20. The summed E-state index contributed by atoms with van der Waals surface area (Å²) < 4.78 is 1.55. The number of nitrogens with zero attached hydrogens (tertiary/aromatic N) is 2. The van der Waals surface area contributed by atoms with Crippen LogP contribution in [0, 0.1) is 6.92 Å². The summed E-state index contributed by atoms with van der Waals surface area (Å²) in [6, 6.07) is 12.2. The quantitative estimate of drug-likeness (QED) is 0.649. The molecule has 2 heterocycles. The summed E-state index contributed by atoms with van der Waals surface area (Å²) in [5, 5.41) is 10.5. The molecule has 0 saturated carbocycles. The Hall–Kier alpha value is -2.83. The van der Waals surface area contributed by atoms with E-state index in [4.69, 9.17) is 23.2 Å². The van der Waals surface area contributed by atoms with Crippen molar-refractivity contribution in [3.05, 3.63) is 64.3 Å². The number of halogens is 2. The largest absolute Gasteiger partial charge is 0.325 e. The molecule has 8 heteroatoms. The summed E-state index contributed by atoms with van der Waals surface area (Å²) in [4.78, 5) is 24.9. The number of anilines is 2. The second kappa shape index (κ2) is 7.30. The summed E-state index contributed by atoms with van der Waals surface area (Å²) in [7, 11) is 0. The topological polar surface area (TPSA) is 76.0 Å². The number of nitrogens with one attached hydrogen (secondary N) is 2. The standard InChI is InChI=1S/C20H16Cl2N4O2/c1-11-5-7-12(8-6-11)13-10-23-26-16(20(28)25-19(13)26)9-17(27)24-15-4-2-3-14(21)18(15)22/h2-8,10,16H,9H2,1H3,(H,24,27)(H,25,28). The third-order valence-corrected chi connectivity index (χ3v) is 5.42. The summed E-state index contributed by atoms with van der Waals surface area (Å²) in [6.07, 6.45) is 1.62. The molecule has 1 unspecified atom stereocenters. The third kappa shape index (κ3) is 3.37. The van der Waals surface area contributed by atoms with Crippen LogP contribution in [-0.2, 0) is 9.59 Å². The van der Waals surface area contributed by atoms with E-state index in [-0.39, 0.29) is 23.3 Å². The number of aryl methyl sites for hydroxylation is 1. The van der Waals surface area contributed by atoms with Crippen LogP contribution in [0.1, 0.15) is 18.0 Å². The van der Waals surface area contributed by atoms with E-state index in [1.54, 1.807) is 29.1 Å². The van der Waals surface area contributed by atoms with Gasteiger partial charge in [0, 0.05) is 5.56 Å². The van der Waals surface area contributed by atoms with Crippen molar-refractivity contribution >= 4 is 46.5 Å². The van der Waals surface area contributed by atoms with E-state index in [9.17, 15) is 9.59 Å². The van der Waals surface area contributed by atoms with E-state index >= 15 is 0 Å². The average molecular weight is 415 g/mol. The predicted molar refractivity (Wildman–Crippen MR) is 110 cm³/mol. The van der Waals surface area contributed by atoms with Crippen LogP contribution < -0.4 is 10.6 Å². The number of rotatable bonds is 4. The molecule has 0 spiro atoms. The van der Waals surface area contributed by atoms with Crippen LogP contribution >= 0.6 is 23.2 Å². The minimum atomic E-state index is -0.729. The number of fused-ring (bicyclic) bond motifs is 1. The van der Waals surface area contributed by atoms with Crippen molar-refractivity contribution in [1.82, 2.24) is 9.78 Å². The Morgan fingerprint density at radius 3 is 2.71 bits per heavy atom. The molecule has 0 saturated heterocycles. The molecule has 0 radical (unpaired) electrons. The Labute approximate surface area is 171 Å². The van der Waals surface area contributed by atoms with E-state index in [0.717, 1.165) is 16.7 Å². The van der Waals surface area contributed by atoms with Crippen molar-refractivity contribution in [2.24, 2.45) is 0 Å². The second-order valence-corrected chi connectivity index (χ2v) is 7.36. The van der Waals surface area contributed by atoms with E-state index in [2.05, 4.69) is 15.7 Å². The van der Waals surface area contributed by atoms with Crippen LogP contribution in [0.5, 0.6) is 0 Å². The lowest BCUT2D eigenvalue weighted by Gasteiger charge is -2.11. The van der Waals surface area contributed by atoms with Gasteiger partial charge in [0.15, 0.2) is 0 Å². The van der Waals surface area contributed by atoms with Gasteiger partial charge in [-0.1, -0.05) is 59.1 Å². The first-order valence-corrected chi connectivity index (χ1v) is 9.39. The zero-order chi connectivity index (χ0) is 19.8. The van der Waals surface area contributed by atoms with Crippen molar-refractivity contribution in [3.8, 4) is 11.1 Å². The van der Waals surface area contributed by atoms with Gasteiger partial charge in [0.05, 0.1) is 28.4 Å². The van der Waals surface area contributed by atoms with Crippen molar-refractivity contribution in [2.45, 2.75) is 19.4 Å². The van der Waals surface area contributed by atoms with Gasteiger partial charge in [0.1, 0.15) is 11.9 Å². The highest BCUT2D eigenvalue weighted by atomic mass is 35.5. The molecule has 28 heavy (non-hydrogen) atoms. The monoisotopic (exact) mass is 414 g/mol. The fraction of sp³-hybridized carbons (Fsp3) is 0.150. The summed E-state index contributed by atoms with van der Waals surface area (Å²) >= 11 is 12.1. The fourth-order valence-corrected chi connectivity index (χ4v) is 3.48. The molecule has 2 amide bonds. The minimum absolute atomic E-state index is 0.0727. The van der Waals surface area contributed by atoms with E-state index in [0.29, 0.717) is 16.5 Å². The molecule has 6 nitrogen and oxygen atoms in total. The predicted octanol–water partition coefficient (Wildman–Crippen LogP) is 4.69. The molecule has 0 fully saturated rings. The Kier molecular flexibility index (Phi) is 4.83. The van der Waals surface area contributed by atoms with Crippen molar-refractivity contribution < 1.29 is 9.59 Å². The Bertz CT molecular complexity index is 1080. The molecule has 4 rings (SSSR count). The lowest BCUT2D eigenvalue weighted by atomic mass is 10.1. The molecule has 3 aromatic rings. The zero-order valence-electron chi connectivity index (χ0n) is 14.9. The molecule has 1 aromatic heterocycles. The maximum atomic E-state index is 12.5. The second-order valence-electron chi connectivity index (χ2n) is 6.58. The van der Waals surface area contributed by atoms with Crippen LogP contribution in [0.25, 0.3) is 11.1 Å². The van der Waals surface area contributed by atoms with Crippen LogP contribution in [0.2, 0.25) is 10.0 Å². The Morgan fingerprint density at radius 1 is 1.21 bits per heavy atom. The van der Waals surface area contributed by atoms with E-state index in [1.165, 1.54) is 0 Å². The summed E-state index contributed by atoms with van der Waals surface area (Å²) in [5.41, 5.74) is 3.31. The first-order valence-electron chi connectivity index (χ1n) is 8.63. The Balaban J connectivity index is 1.54. The normalized spacial score (nSPS) is 15.2. The van der Waals surface area contributed by atoms with Crippen LogP contribution in [0.4, 0.5) is 11.5 Å². The SMILES string of the molecule is Cc1ccc(-c2cnn3c2NC(=O)C3CC(=O)Nc2cccc(Cl)c2Cl)cc1. The minimum Gasteiger partial charge on any atom is -0.325 e. The molecular formula is C20H16Cl2N4O2. The molecule has 142 valence electrons. The van der Waals surface area contributed by atoms with Gasteiger partial charge in [0.25, 0.3) is 5.91 Å². The number of hydrogen-bond acceptors (Lipinski definition) is 3. The van der Waals surface area contributed by atoms with Crippen LogP contribution in [0.15, 0.2) is 48.7 Å². The highest BCUT2D eigenvalue weighted by molar-refractivity contribution is 6.44. The molecule has 0 bridgehead atoms. The molecule has 1 atom stereocenters. The van der Waals surface area contributed by atoms with Gasteiger partial charge in [-0.25, -0.2) is 4.68 Å². The van der Waals surface area contributed by atoms with Crippen molar-refractivity contribution in [3.63, 3.8) is 0 Å². The van der Waals surface area contributed by atoms with Gasteiger partial charge in [-0.05, 0) is 24.6 Å². The molecule has 1 aliphatic rings. The van der Waals surface area contributed by atoms with Crippen molar-refractivity contribution in [2.75, 3.05) is 10.6 Å². The number of hydrogen-bond donors (Lipinski definition) is 2. The summed E-state index contributed by atoms with van der Waals surface area (Å²) in [6.45, 7) is 2.01.